The first-order chi connectivity index (χ1) is 14.1. The molecule has 0 saturated carbocycles. The van der Waals surface area contributed by atoms with Gasteiger partial charge < -0.3 is 4.90 Å². The Morgan fingerprint density at radius 2 is 1.62 bits per heavy atom. The van der Waals surface area contributed by atoms with E-state index in [-0.39, 0.29) is 30.6 Å². The highest BCUT2D eigenvalue weighted by molar-refractivity contribution is 5.97. The van der Waals surface area contributed by atoms with Crippen molar-refractivity contribution >= 4 is 11.7 Å². The third-order valence-electron chi connectivity index (χ3n) is 6.58. The number of carbonyl (C=O) groups is 2. The molecule has 2 aliphatic rings. The third kappa shape index (κ3) is 4.59. The maximum atomic E-state index is 12.7. The monoisotopic (exact) mass is 390 g/mol. The van der Waals surface area contributed by atoms with Crippen LogP contribution < -0.4 is 0 Å². The van der Waals surface area contributed by atoms with Gasteiger partial charge in [0.15, 0.2) is 5.78 Å². The van der Waals surface area contributed by atoms with Crippen molar-refractivity contribution in [2.75, 3.05) is 20.1 Å². The molecule has 29 heavy (non-hydrogen) atoms. The van der Waals surface area contributed by atoms with E-state index in [1.165, 1.54) is 11.1 Å². The van der Waals surface area contributed by atoms with E-state index in [2.05, 4.69) is 29.2 Å². The summed E-state index contributed by atoms with van der Waals surface area (Å²) in [5, 5.41) is 0. The molecule has 1 aliphatic heterocycles. The molecule has 1 fully saturated rings. The minimum absolute atomic E-state index is 0.0429. The van der Waals surface area contributed by atoms with Crippen LogP contribution in [0.3, 0.4) is 0 Å². The topological polar surface area (TPSA) is 40.6 Å². The van der Waals surface area contributed by atoms with Crippen molar-refractivity contribution in [1.29, 1.82) is 0 Å². The molecule has 0 radical (unpaired) electrons. The van der Waals surface area contributed by atoms with Crippen LogP contribution in [0.25, 0.3) is 0 Å². The lowest BCUT2D eigenvalue weighted by Crippen LogP contribution is -2.51. The van der Waals surface area contributed by atoms with Gasteiger partial charge in [-0.1, -0.05) is 54.6 Å². The second-order valence-electron chi connectivity index (χ2n) is 8.42. The van der Waals surface area contributed by atoms with Gasteiger partial charge in [-0.25, -0.2) is 0 Å². The molecule has 1 aliphatic carbocycles. The maximum absolute atomic E-state index is 12.7. The number of Topliss-reactive ketones (excluding diaryl/α,β-unsaturated/α-hetero) is 1. The predicted octanol–water partition coefficient (Wildman–Crippen LogP) is 3.74. The lowest BCUT2D eigenvalue weighted by atomic mass is 10.0. The Morgan fingerprint density at radius 1 is 0.966 bits per heavy atom. The van der Waals surface area contributed by atoms with Crippen molar-refractivity contribution in [1.82, 2.24) is 9.80 Å². The summed E-state index contributed by atoms with van der Waals surface area (Å²) in [6.45, 7) is 2.05. The molecule has 2 aromatic rings. The number of carbonyl (C=O) groups excluding carboxylic acids is 2. The lowest BCUT2D eigenvalue weighted by Gasteiger charge is -2.40. The minimum Gasteiger partial charge on any atom is -0.341 e. The first-order valence-corrected chi connectivity index (χ1v) is 10.8. The fourth-order valence-electron chi connectivity index (χ4n) is 4.79. The van der Waals surface area contributed by atoms with Gasteiger partial charge in [0.05, 0.1) is 0 Å². The van der Waals surface area contributed by atoms with Gasteiger partial charge in [-0.2, -0.15) is 0 Å². The summed E-state index contributed by atoms with van der Waals surface area (Å²) in [4.78, 5) is 29.5. The van der Waals surface area contributed by atoms with Crippen LogP contribution in [0.5, 0.6) is 0 Å². The standard InChI is InChI=1S/C25H30N2O2/c1-26(25(29)14-13-24(28)19-8-3-2-4-9-19)22-12-7-15-27(18-22)23-16-20-10-5-6-11-21(20)17-23/h2-6,8-11,22-23H,7,12-18H2,1H3/t22-/m1/s1. The molecule has 4 heteroatoms. The molecular formula is C25H30N2O2. The van der Waals surface area contributed by atoms with Crippen LogP contribution in [0.4, 0.5) is 0 Å². The van der Waals surface area contributed by atoms with Crippen molar-refractivity contribution in [3.05, 3.63) is 71.3 Å². The van der Waals surface area contributed by atoms with Gasteiger partial charge in [-0.3, -0.25) is 14.5 Å². The third-order valence-corrected chi connectivity index (χ3v) is 6.58. The Bertz CT molecular complexity index is 839. The average molecular weight is 391 g/mol. The number of nitrogens with zero attached hydrogens (tertiary/aromatic N) is 2. The van der Waals surface area contributed by atoms with Crippen molar-refractivity contribution in [3.8, 4) is 0 Å². The van der Waals surface area contributed by atoms with E-state index in [0.29, 0.717) is 11.6 Å². The summed E-state index contributed by atoms with van der Waals surface area (Å²) in [6, 6.07) is 18.8. The SMILES string of the molecule is CN(C(=O)CCC(=O)c1ccccc1)[C@@H]1CCCN(C2Cc3ccccc3C2)C1. The largest absolute Gasteiger partial charge is 0.341 e. The molecule has 0 unspecified atom stereocenters. The van der Waals surface area contributed by atoms with Crippen LogP contribution >= 0.6 is 0 Å². The quantitative estimate of drug-likeness (QED) is 0.706. The Hall–Kier alpha value is -2.46. The number of piperidine rings is 1. The molecule has 1 saturated heterocycles. The van der Waals surface area contributed by atoms with Crippen LogP contribution in [-0.4, -0.2) is 53.7 Å². The number of hydrogen-bond acceptors (Lipinski definition) is 3. The molecule has 2 aromatic carbocycles. The maximum Gasteiger partial charge on any atom is 0.223 e. The van der Waals surface area contributed by atoms with Gasteiger partial charge in [0.1, 0.15) is 0 Å². The molecule has 0 spiro atoms. The van der Waals surface area contributed by atoms with E-state index in [9.17, 15) is 9.59 Å². The van der Waals surface area contributed by atoms with E-state index in [1.54, 1.807) is 0 Å². The highest BCUT2D eigenvalue weighted by Gasteiger charge is 2.32. The summed E-state index contributed by atoms with van der Waals surface area (Å²) < 4.78 is 0. The zero-order valence-electron chi connectivity index (χ0n) is 17.2. The van der Waals surface area contributed by atoms with Crippen molar-refractivity contribution in [2.24, 2.45) is 0 Å². The second kappa shape index (κ2) is 8.91. The van der Waals surface area contributed by atoms with Crippen molar-refractivity contribution < 1.29 is 9.59 Å². The number of fused-ring (bicyclic) bond motifs is 1. The Balaban J connectivity index is 1.30. The van der Waals surface area contributed by atoms with E-state index in [1.807, 2.05) is 42.3 Å². The summed E-state index contributed by atoms with van der Waals surface area (Å²) in [5.74, 6) is 0.122. The number of benzene rings is 2. The van der Waals surface area contributed by atoms with Gasteiger partial charge in [-0.05, 0) is 43.4 Å². The smallest absolute Gasteiger partial charge is 0.223 e. The zero-order chi connectivity index (χ0) is 20.2. The van der Waals surface area contributed by atoms with E-state index in [0.717, 1.165) is 38.8 Å². The molecule has 0 bridgehead atoms. The number of likely N-dealkylation sites (N-methyl/N-ethyl adjacent to an activating group) is 1. The summed E-state index contributed by atoms with van der Waals surface area (Å²) >= 11 is 0. The molecule has 1 amide bonds. The van der Waals surface area contributed by atoms with Crippen LogP contribution in [0.2, 0.25) is 0 Å². The number of amides is 1. The fourth-order valence-corrected chi connectivity index (χ4v) is 4.79. The zero-order valence-corrected chi connectivity index (χ0v) is 17.2. The van der Waals surface area contributed by atoms with E-state index < -0.39 is 0 Å². The first kappa shape index (κ1) is 19.8. The summed E-state index contributed by atoms with van der Waals surface area (Å²) in [7, 11) is 1.91. The highest BCUT2D eigenvalue weighted by Crippen LogP contribution is 2.28. The first-order valence-electron chi connectivity index (χ1n) is 10.8. The van der Waals surface area contributed by atoms with Crippen molar-refractivity contribution in [3.63, 3.8) is 0 Å². The normalized spacial score (nSPS) is 19.7. The van der Waals surface area contributed by atoms with Gasteiger partial charge in [0.2, 0.25) is 5.91 Å². The molecule has 0 N–H and O–H groups in total. The number of rotatable bonds is 6. The molecule has 1 heterocycles. The Kier molecular flexibility index (Phi) is 6.10. The molecule has 4 nitrogen and oxygen atoms in total. The molecule has 4 rings (SSSR count). The number of likely N-dealkylation sites (tertiary alicyclic amines) is 1. The van der Waals surface area contributed by atoms with Crippen LogP contribution in [0.1, 0.15) is 47.2 Å². The van der Waals surface area contributed by atoms with Crippen LogP contribution in [0, 0.1) is 0 Å². The molecule has 1 atom stereocenters. The number of hydrogen-bond donors (Lipinski definition) is 0. The van der Waals surface area contributed by atoms with E-state index >= 15 is 0 Å². The summed E-state index contributed by atoms with van der Waals surface area (Å²) in [5.41, 5.74) is 3.64. The second-order valence-corrected chi connectivity index (χ2v) is 8.42. The average Bonchev–Trinajstić information content (AvgIpc) is 3.22. The fraction of sp³-hybridized carbons (Fsp3) is 0.440. The van der Waals surface area contributed by atoms with Crippen LogP contribution in [0.15, 0.2) is 54.6 Å². The van der Waals surface area contributed by atoms with Crippen molar-refractivity contribution in [2.45, 2.75) is 50.6 Å². The van der Waals surface area contributed by atoms with Crippen LogP contribution in [-0.2, 0) is 17.6 Å². The Labute approximate surface area is 173 Å². The molecule has 0 aromatic heterocycles. The Morgan fingerprint density at radius 3 is 2.31 bits per heavy atom. The minimum atomic E-state index is 0.0429. The van der Waals surface area contributed by atoms with Gasteiger partial charge in [-0.15, -0.1) is 0 Å². The lowest BCUT2D eigenvalue weighted by molar-refractivity contribution is -0.133. The van der Waals surface area contributed by atoms with Gasteiger partial charge >= 0.3 is 0 Å². The predicted molar refractivity (Wildman–Crippen MR) is 115 cm³/mol. The summed E-state index contributed by atoms with van der Waals surface area (Å²) in [6.07, 6.45) is 4.97. The molecule has 152 valence electrons. The number of ketones is 1. The van der Waals surface area contributed by atoms with Gasteiger partial charge in [0.25, 0.3) is 0 Å². The van der Waals surface area contributed by atoms with E-state index in [4.69, 9.17) is 0 Å². The highest BCUT2D eigenvalue weighted by atomic mass is 16.2. The van der Waals surface area contributed by atoms with Gasteiger partial charge in [0, 0.05) is 44.1 Å². The molecular weight excluding hydrogens is 360 g/mol.